The van der Waals surface area contributed by atoms with Gasteiger partial charge in [0.25, 0.3) is 0 Å². The molecule has 0 aliphatic carbocycles. The Morgan fingerprint density at radius 3 is 3.07 bits per heavy atom. The van der Waals surface area contributed by atoms with Crippen molar-refractivity contribution >= 4 is 11.3 Å². The molecule has 3 nitrogen and oxygen atoms in total. The van der Waals surface area contributed by atoms with Crippen LogP contribution >= 0.6 is 11.3 Å². The minimum atomic E-state index is -0.391. The van der Waals surface area contributed by atoms with E-state index in [1.54, 1.807) is 18.3 Å². The second kappa shape index (κ2) is 3.94. The zero-order chi connectivity index (χ0) is 9.97. The van der Waals surface area contributed by atoms with Crippen LogP contribution in [0.3, 0.4) is 0 Å². The Kier molecular flexibility index (Phi) is 2.65. The summed E-state index contributed by atoms with van der Waals surface area (Å²) in [5.41, 5.74) is 2.78. The van der Waals surface area contributed by atoms with E-state index in [9.17, 15) is 5.11 Å². The van der Waals surface area contributed by atoms with Gasteiger partial charge in [-0.2, -0.15) is 0 Å². The molecule has 2 aromatic heterocycles. The molecular formula is C10H12N2OS. The van der Waals surface area contributed by atoms with Crippen molar-refractivity contribution in [3.05, 3.63) is 40.6 Å². The van der Waals surface area contributed by atoms with Crippen LogP contribution in [-0.4, -0.2) is 14.7 Å². The molecule has 0 saturated carbocycles. The summed E-state index contributed by atoms with van der Waals surface area (Å²) in [7, 11) is 0. The Hall–Kier alpha value is -1.13. The van der Waals surface area contributed by atoms with Gasteiger partial charge in [-0.05, 0) is 18.6 Å². The van der Waals surface area contributed by atoms with Crippen molar-refractivity contribution in [3.8, 4) is 0 Å². The third-order valence-electron chi connectivity index (χ3n) is 2.08. The van der Waals surface area contributed by atoms with Crippen LogP contribution < -0.4 is 0 Å². The Balaban J connectivity index is 2.11. The Morgan fingerprint density at radius 1 is 1.64 bits per heavy atom. The number of aromatic nitrogens is 2. The van der Waals surface area contributed by atoms with Gasteiger partial charge in [-0.1, -0.05) is 0 Å². The maximum absolute atomic E-state index is 9.34. The summed E-state index contributed by atoms with van der Waals surface area (Å²) in [5, 5.41) is 9.34. The fraction of sp³-hybridized carbons (Fsp3) is 0.300. The minimum absolute atomic E-state index is 0.391. The molecular weight excluding hydrogens is 196 g/mol. The van der Waals surface area contributed by atoms with E-state index in [0.717, 1.165) is 12.1 Å². The lowest BCUT2D eigenvalue weighted by Crippen LogP contribution is -1.94. The van der Waals surface area contributed by atoms with Gasteiger partial charge in [-0.3, -0.25) is 4.98 Å². The lowest BCUT2D eigenvalue weighted by atomic mass is 10.2. The largest absolute Gasteiger partial charge is 0.389 e. The van der Waals surface area contributed by atoms with Crippen LogP contribution in [-0.2, 0) is 6.54 Å². The Labute approximate surface area is 86.7 Å². The molecule has 1 N–H and O–H groups in total. The normalized spacial score (nSPS) is 13.0. The molecule has 0 amide bonds. The van der Waals surface area contributed by atoms with Gasteiger partial charge in [-0.15, -0.1) is 11.3 Å². The van der Waals surface area contributed by atoms with E-state index < -0.39 is 6.10 Å². The lowest BCUT2D eigenvalue weighted by molar-refractivity contribution is 0.199. The van der Waals surface area contributed by atoms with Gasteiger partial charge in [0.15, 0.2) is 0 Å². The zero-order valence-corrected chi connectivity index (χ0v) is 8.74. The molecule has 2 rings (SSSR count). The number of nitrogens with zero attached hydrogens (tertiary/aromatic N) is 2. The van der Waals surface area contributed by atoms with Crippen molar-refractivity contribution in [3.63, 3.8) is 0 Å². The van der Waals surface area contributed by atoms with Gasteiger partial charge in [0.05, 0.1) is 18.2 Å². The van der Waals surface area contributed by atoms with E-state index in [4.69, 9.17) is 0 Å². The summed E-state index contributed by atoms with van der Waals surface area (Å²) in [6.07, 6.45) is 5.41. The first-order valence-electron chi connectivity index (χ1n) is 4.47. The van der Waals surface area contributed by atoms with Gasteiger partial charge in [0, 0.05) is 23.5 Å². The molecule has 1 unspecified atom stereocenters. The van der Waals surface area contributed by atoms with Gasteiger partial charge in [-0.25, -0.2) is 0 Å². The van der Waals surface area contributed by atoms with E-state index in [0.29, 0.717) is 0 Å². The topological polar surface area (TPSA) is 38.0 Å². The first-order valence-corrected chi connectivity index (χ1v) is 5.35. The summed E-state index contributed by atoms with van der Waals surface area (Å²) in [5.74, 6) is 0. The quantitative estimate of drug-likeness (QED) is 0.838. The molecule has 74 valence electrons. The molecule has 0 aliphatic rings. The number of aliphatic hydroxyl groups is 1. The summed E-state index contributed by atoms with van der Waals surface area (Å²) in [4.78, 5) is 5.24. The molecule has 0 radical (unpaired) electrons. The average molecular weight is 208 g/mol. The van der Waals surface area contributed by atoms with Crippen molar-refractivity contribution in [2.75, 3.05) is 0 Å². The lowest BCUT2D eigenvalue weighted by Gasteiger charge is -2.00. The third-order valence-corrected chi connectivity index (χ3v) is 2.84. The van der Waals surface area contributed by atoms with E-state index in [-0.39, 0.29) is 0 Å². The van der Waals surface area contributed by atoms with Crippen molar-refractivity contribution in [1.82, 2.24) is 9.55 Å². The smallest absolute Gasteiger partial charge is 0.0794 e. The highest BCUT2D eigenvalue weighted by molar-refractivity contribution is 7.09. The highest BCUT2D eigenvalue weighted by atomic mass is 32.1. The van der Waals surface area contributed by atoms with Crippen molar-refractivity contribution in [2.24, 2.45) is 0 Å². The Morgan fingerprint density at radius 2 is 2.50 bits per heavy atom. The zero-order valence-electron chi connectivity index (χ0n) is 7.92. The summed E-state index contributed by atoms with van der Waals surface area (Å²) in [6.45, 7) is 2.60. The molecule has 14 heavy (non-hydrogen) atoms. The average Bonchev–Trinajstić information content (AvgIpc) is 2.75. The molecule has 0 fully saturated rings. The fourth-order valence-electron chi connectivity index (χ4n) is 1.30. The molecule has 4 heteroatoms. The maximum Gasteiger partial charge on any atom is 0.0794 e. The molecule has 2 aromatic rings. The number of hydrogen-bond acceptors (Lipinski definition) is 3. The van der Waals surface area contributed by atoms with Crippen molar-refractivity contribution < 1.29 is 5.11 Å². The maximum atomic E-state index is 9.34. The molecule has 0 aliphatic heterocycles. The molecule has 1 atom stereocenters. The fourth-order valence-corrected chi connectivity index (χ4v) is 1.91. The van der Waals surface area contributed by atoms with Crippen LogP contribution in [0.5, 0.6) is 0 Å². The first kappa shape index (κ1) is 9.43. The van der Waals surface area contributed by atoms with E-state index in [2.05, 4.69) is 9.55 Å². The number of hydrogen-bond donors (Lipinski definition) is 1. The molecule has 0 saturated heterocycles. The van der Waals surface area contributed by atoms with Crippen molar-refractivity contribution in [1.29, 1.82) is 0 Å². The van der Waals surface area contributed by atoms with Crippen LogP contribution in [0.1, 0.15) is 23.5 Å². The highest BCUT2D eigenvalue weighted by Gasteiger charge is 2.03. The van der Waals surface area contributed by atoms with Gasteiger partial charge < -0.3 is 9.67 Å². The van der Waals surface area contributed by atoms with Crippen molar-refractivity contribution in [2.45, 2.75) is 19.6 Å². The van der Waals surface area contributed by atoms with Gasteiger partial charge in [0.2, 0.25) is 0 Å². The van der Waals surface area contributed by atoms with Crippen LogP contribution in [0.4, 0.5) is 0 Å². The molecule has 0 bridgehead atoms. The number of rotatable bonds is 3. The number of aliphatic hydroxyl groups excluding tert-OH is 1. The third kappa shape index (κ3) is 2.02. The number of thiazole rings is 1. The predicted molar refractivity (Wildman–Crippen MR) is 56.3 cm³/mol. The highest BCUT2D eigenvalue weighted by Crippen LogP contribution is 2.14. The van der Waals surface area contributed by atoms with Crippen LogP contribution in [0, 0.1) is 0 Å². The van der Waals surface area contributed by atoms with Crippen LogP contribution in [0.25, 0.3) is 0 Å². The molecule has 0 spiro atoms. The first-order chi connectivity index (χ1) is 6.75. The molecule has 0 aromatic carbocycles. The van der Waals surface area contributed by atoms with Crippen LogP contribution in [0.2, 0.25) is 0 Å². The van der Waals surface area contributed by atoms with Crippen LogP contribution in [0.15, 0.2) is 30.2 Å². The van der Waals surface area contributed by atoms with E-state index >= 15 is 0 Å². The van der Waals surface area contributed by atoms with E-state index in [1.807, 2.05) is 30.2 Å². The van der Waals surface area contributed by atoms with Gasteiger partial charge in [0.1, 0.15) is 0 Å². The second-order valence-corrected chi connectivity index (χ2v) is 4.23. The SMILES string of the molecule is CC(O)c1ccn(Cc2cncs2)c1. The minimum Gasteiger partial charge on any atom is -0.389 e. The Bertz CT molecular complexity index is 392. The predicted octanol–water partition coefficient (Wildman–Crippen LogP) is 2.05. The monoisotopic (exact) mass is 208 g/mol. The molecule has 2 heterocycles. The summed E-state index contributed by atoms with van der Waals surface area (Å²) >= 11 is 1.64. The van der Waals surface area contributed by atoms with Gasteiger partial charge >= 0.3 is 0 Å². The summed E-state index contributed by atoms with van der Waals surface area (Å²) < 4.78 is 2.05. The summed E-state index contributed by atoms with van der Waals surface area (Å²) in [6, 6.07) is 1.94. The van der Waals surface area contributed by atoms with E-state index in [1.165, 1.54) is 4.88 Å². The standard InChI is InChI=1S/C10H12N2OS/c1-8(13)9-2-3-12(5-9)6-10-4-11-7-14-10/h2-5,7-8,13H,6H2,1H3. The second-order valence-electron chi connectivity index (χ2n) is 3.26.